The Kier molecular flexibility index (Phi) is 4.04. The molecule has 0 aliphatic rings. The van der Waals surface area contributed by atoms with Gasteiger partial charge in [0.15, 0.2) is 0 Å². The molecule has 4 heteroatoms. The van der Waals surface area contributed by atoms with Gasteiger partial charge in [-0.2, -0.15) is 11.8 Å². The van der Waals surface area contributed by atoms with Gasteiger partial charge in [0.1, 0.15) is 5.82 Å². The number of hydrogen-bond acceptors (Lipinski definition) is 4. The van der Waals surface area contributed by atoms with Crippen LogP contribution in [0, 0.1) is 0 Å². The van der Waals surface area contributed by atoms with Crippen LogP contribution >= 0.6 is 11.8 Å². The molecule has 0 aliphatic carbocycles. The Hall–Kier alpha value is -0.610. The molecule has 0 aromatic carbocycles. The molecular weight excluding hydrogens is 170 g/mol. The first-order valence-electron chi connectivity index (χ1n) is 3.95. The molecule has 0 fully saturated rings. The van der Waals surface area contributed by atoms with E-state index in [4.69, 9.17) is 5.73 Å². The van der Waals surface area contributed by atoms with Crippen LogP contribution in [0.1, 0.15) is 18.4 Å². The second kappa shape index (κ2) is 5.11. The molecule has 0 spiro atoms. The van der Waals surface area contributed by atoms with E-state index in [1.54, 1.807) is 6.20 Å². The summed E-state index contributed by atoms with van der Waals surface area (Å²) in [7, 11) is 0. The third kappa shape index (κ3) is 2.79. The Labute approximate surface area is 76.8 Å². The second-order valence-electron chi connectivity index (χ2n) is 2.31. The van der Waals surface area contributed by atoms with Crippen molar-refractivity contribution in [1.29, 1.82) is 0 Å². The van der Waals surface area contributed by atoms with E-state index in [0.717, 1.165) is 23.0 Å². The maximum Gasteiger partial charge on any atom is 0.138 e. The number of thioether (sulfide) groups is 1. The van der Waals surface area contributed by atoms with E-state index in [9.17, 15) is 0 Å². The van der Waals surface area contributed by atoms with Crippen molar-refractivity contribution >= 4 is 11.8 Å². The van der Waals surface area contributed by atoms with Crippen molar-refractivity contribution in [2.75, 3.05) is 5.75 Å². The maximum atomic E-state index is 5.45. The van der Waals surface area contributed by atoms with E-state index in [1.807, 2.05) is 17.8 Å². The van der Waals surface area contributed by atoms with Gasteiger partial charge in [-0.25, -0.2) is 9.97 Å². The van der Waals surface area contributed by atoms with Crippen molar-refractivity contribution in [2.45, 2.75) is 19.2 Å². The van der Waals surface area contributed by atoms with Crippen molar-refractivity contribution in [3.8, 4) is 0 Å². The minimum absolute atomic E-state index is 0.492. The van der Waals surface area contributed by atoms with Gasteiger partial charge in [0, 0.05) is 12.7 Å². The van der Waals surface area contributed by atoms with E-state index in [0.29, 0.717) is 6.54 Å². The van der Waals surface area contributed by atoms with Crippen LogP contribution in [0.3, 0.4) is 0 Å². The summed E-state index contributed by atoms with van der Waals surface area (Å²) in [5.41, 5.74) is 6.36. The summed E-state index contributed by atoms with van der Waals surface area (Å²) in [6.45, 7) is 2.61. The molecule has 0 radical (unpaired) electrons. The molecule has 0 aliphatic heterocycles. The quantitative estimate of drug-likeness (QED) is 0.761. The second-order valence-corrected chi connectivity index (χ2v) is 3.58. The predicted octanol–water partition coefficient (Wildman–Crippen LogP) is 1.19. The molecule has 66 valence electrons. The van der Waals surface area contributed by atoms with Crippen molar-refractivity contribution in [3.63, 3.8) is 0 Å². The van der Waals surface area contributed by atoms with Crippen LogP contribution in [0.5, 0.6) is 0 Å². The van der Waals surface area contributed by atoms with E-state index < -0.39 is 0 Å². The van der Waals surface area contributed by atoms with Crippen LogP contribution < -0.4 is 5.73 Å². The zero-order valence-electron chi connectivity index (χ0n) is 7.16. The Balaban J connectivity index is 2.60. The van der Waals surface area contributed by atoms with Crippen molar-refractivity contribution in [2.24, 2.45) is 5.73 Å². The van der Waals surface area contributed by atoms with Gasteiger partial charge >= 0.3 is 0 Å². The van der Waals surface area contributed by atoms with E-state index >= 15 is 0 Å². The standard InChI is InChI=1S/C8H13N3S/c1-2-12-6-8-10-4-3-7(5-9)11-8/h3-4H,2,5-6,9H2,1H3. The third-order valence-electron chi connectivity index (χ3n) is 1.41. The van der Waals surface area contributed by atoms with Gasteiger partial charge in [0.25, 0.3) is 0 Å². The summed E-state index contributed by atoms with van der Waals surface area (Å²) in [6, 6.07) is 1.85. The number of aromatic nitrogens is 2. The Morgan fingerprint density at radius 1 is 1.58 bits per heavy atom. The van der Waals surface area contributed by atoms with Gasteiger partial charge in [-0.1, -0.05) is 6.92 Å². The van der Waals surface area contributed by atoms with Crippen LogP contribution in [0.4, 0.5) is 0 Å². The molecule has 0 bridgehead atoms. The normalized spacial score (nSPS) is 10.2. The van der Waals surface area contributed by atoms with E-state index in [-0.39, 0.29) is 0 Å². The van der Waals surface area contributed by atoms with Crippen LogP contribution in [0.15, 0.2) is 12.3 Å². The molecule has 0 amide bonds. The lowest BCUT2D eigenvalue weighted by Crippen LogP contribution is -2.02. The molecule has 1 aromatic rings. The van der Waals surface area contributed by atoms with Gasteiger partial charge in [0.05, 0.1) is 11.4 Å². The summed E-state index contributed by atoms with van der Waals surface area (Å²) in [5.74, 6) is 2.85. The zero-order chi connectivity index (χ0) is 8.81. The van der Waals surface area contributed by atoms with Crippen molar-refractivity contribution in [1.82, 2.24) is 9.97 Å². The monoisotopic (exact) mass is 183 g/mol. The molecule has 1 aromatic heterocycles. The molecule has 0 atom stereocenters. The van der Waals surface area contributed by atoms with Gasteiger partial charge in [0.2, 0.25) is 0 Å². The first-order chi connectivity index (χ1) is 5.86. The van der Waals surface area contributed by atoms with Gasteiger partial charge < -0.3 is 5.73 Å². The van der Waals surface area contributed by atoms with Crippen LogP contribution in [0.25, 0.3) is 0 Å². The SMILES string of the molecule is CCSCc1nccc(CN)n1. The average Bonchev–Trinajstić information content (AvgIpc) is 2.15. The minimum Gasteiger partial charge on any atom is -0.325 e. The van der Waals surface area contributed by atoms with Crippen molar-refractivity contribution < 1.29 is 0 Å². The molecular formula is C8H13N3S. The summed E-state index contributed by atoms with van der Waals surface area (Å²) in [4.78, 5) is 8.41. The third-order valence-corrected chi connectivity index (χ3v) is 2.28. The molecule has 1 heterocycles. The average molecular weight is 183 g/mol. The van der Waals surface area contributed by atoms with Crippen LogP contribution in [-0.4, -0.2) is 15.7 Å². The first kappa shape index (κ1) is 9.48. The van der Waals surface area contributed by atoms with Gasteiger partial charge in [-0.3, -0.25) is 0 Å². The summed E-state index contributed by atoms with van der Waals surface area (Å²) in [5, 5.41) is 0. The molecule has 0 saturated carbocycles. The van der Waals surface area contributed by atoms with Crippen LogP contribution in [-0.2, 0) is 12.3 Å². The number of nitrogens with two attached hydrogens (primary N) is 1. The summed E-state index contributed by atoms with van der Waals surface area (Å²) < 4.78 is 0. The maximum absolute atomic E-state index is 5.45. The van der Waals surface area contributed by atoms with E-state index in [1.165, 1.54) is 0 Å². The number of hydrogen-bond donors (Lipinski definition) is 1. The Bertz CT molecular complexity index is 239. The number of nitrogens with zero attached hydrogens (tertiary/aromatic N) is 2. The molecule has 12 heavy (non-hydrogen) atoms. The predicted molar refractivity (Wildman–Crippen MR) is 51.8 cm³/mol. The topological polar surface area (TPSA) is 51.8 Å². The van der Waals surface area contributed by atoms with Gasteiger partial charge in [-0.05, 0) is 11.8 Å². The Morgan fingerprint density at radius 2 is 2.42 bits per heavy atom. The fourth-order valence-corrected chi connectivity index (χ4v) is 1.34. The molecule has 0 unspecified atom stereocenters. The largest absolute Gasteiger partial charge is 0.325 e. The van der Waals surface area contributed by atoms with Crippen molar-refractivity contribution in [3.05, 3.63) is 23.8 Å². The molecule has 3 nitrogen and oxygen atoms in total. The molecule has 0 saturated heterocycles. The lowest BCUT2D eigenvalue weighted by molar-refractivity contribution is 0.919. The summed E-state index contributed by atoms with van der Waals surface area (Å²) >= 11 is 1.81. The lowest BCUT2D eigenvalue weighted by atomic mass is 10.4. The molecule has 2 N–H and O–H groups in total. The highest BCUT2D eigenvalue weighted by molar-refractivity contribution is 7.98. The fraction of sp³-hybridized carbons (Fsp3) is 0.500. The van der Waals surface area contributed by atoms with Gasteiger partial charge in [-0.15, -0.1) is 0 Å². The fourth-order valence-electron chi connectivity index (χ4n) is 0.818. The Morgan fingerprint density at radius 3 is 3.08 bits per heavy atom. The highest BCUT2D eigenvalue weighted by atomic mass is 32.2. The first-order valence-corrected chi connectivity index (χ1v) is 5.11. The van der Waals surface area contributed by atoms with E-state index in [2.05, 4.69) is 16.9 Å². The zero-order valence-corrected chi connectivity index (χ0v) is 7.97. The van der Waals surface area contributed by atoms with Crippen LogP contribution in [0.2, 0.25) is 0 Å². The number of rotatable bonds is 4. The molecule has 1 rings (SSSR count). The highest BCUT2D eigenvalue weighted by Gasteiger charge is 1.96. The smallest absolute Gasteiger partial charge is 0.138 e. The summed E-state index contributed by atoms with van der Waals surface area (Å²) in [6.07, 6.45) is 1.76. The highest BCUT2D eigenvalue weighted by Crippen LogP contribution is 2.06. The minimum atomic E-state index is 0.492. The lowest BCUT2D eigenvalue weighted by Gasteiger charge is -1.99.